The molecule has 0 aliphatic carbocycles. The van der Waals surface area contributed by atoms with Crippen LogP contribution in [0.3, 0.4) is 0 Å². The third kappa shape index (κ3) is 1.61. The van der Waals surface area contributed by atoms with Crippen molar-refractivity contribution in [1.82, 2.24) is 5.32 Å². The number of benzene rings is 1. The first-order chi connectivity index (χ1) is 6.81. The molecule has 1 aliphatic heterocycles. The zero-order valence-corrected chi connectivity index (χ0v) is 8.52. The lowest BCUT2D eigenvalue weighted by molar-refractivity contribution is -0.116. The molecule has 0 spiro atoms. The molecule has 1 aromatic carbocycles. The molecule has 1 heterocycles. The summed E-state index contributed by atoms with van der Waals surface area (Å²) in [5, 5.41) is 5.68. The first-order valence-corrected chi connectivity index (χ1v) is 5.08. The Morgan fingerprint density at radius 3 is 3.00 bits per heavy atom. The molecule has 1 aromatic rings. The Balaban J connectivity index is 2.25. The molecule has 0 saturated heterocycles. The van der Waals surface area contributed by atoms with E-state index in [1.54, 1.807) is 13.2 Å². The molecule has 0 unspecified atom stereocenters. The van der Waals surface area contributed by atoms with Gasteiger partial charge in [0.15, 0.2) is 0 Å². The van der Waals surface area contributed by atoms with E-state index in [4.69, 9.17) is 0 Å². The summed E-state index contributed by atoms with van der Waals surface area (Å²) < 4.78 is 0. The maximum absolute atomic E-state index is 11.3. The van der Waals surface area contributed by atoms with Gasteiger partial charge in [-0.05, 0) is 12.1 Å². The Morgan fingerprint density at radius 1 is 1.43 bits per heavy atom. The van der Waals surface area contributed by atoms with Gasteiger partial charge in [-0.15, -0.1) is 0 Å². The molecule has 0 fully saturated rings. The Hall–Kier alpha value is -1.42. The van der Waals surface area contributed by atoms with Crippen LogP contribution >= 0.6 is 11.8 Å². The van der Waals surface area contributed by atoms with E-state index in [0.29, 0.717) is 4.91 Å². The van der Waals surface area contributed by atoms with Gasteiger partial charge in [0.1, 0.15) is 0 Å². The molecule has 0 aromatic heterocycles. The summed E-state index contributed by atoms with van der Waals surface area (Å²) in [5.74, 6) is -0.0583. The number of carbonyl (C=O) groups excluding carboxylic acids is 1. The summed E-state index contributed by atoms with van der Waals surface area (Å²) in [7, 11) is 1.63. The second-order valence-electron chi connectivity index (χ2n) is 2.83. The number of hydrogen-bond donors (Lipinski definition) is 2. The molecule has 0 bridgehead atoms. The molecule has 3 nitrogen and oxygen atoms in total. The van der Waals surface area contributed by atoms with Gasteiger partial charge >= 0.3 is 0 Å². The van der Waals surface area contributed by atoms with Gasteiger partial charge in [-0.25, -0.2) is 0 Å². The van der Waals surface area contributed by atoms with Crippen molar-refractivity contribution in [1.29, 1.82) is 0 Å². The predicted octanol–water partition coefficient (Wildman–Crippen LogP) is 1.79. The molecule has 2 N–H and O–H groups in total. The number of para-hydroxylation sites is 1. The minimum absolute atomic E-state index is 0.0583. The quantitative estimate of drug-likeness (QED) is 0.736. The molecule has 0 radical (unpaired) electrons. The summed E-state index contributed by atoms with van der Waals surface area (Å²) in [6.45, 7) is 0. The fraction of sp³-hybridized carbons (Fsp3) is 0.100. The zero-order chi connectivity index (χ0) is 9.97. The minimum atomic E-state index is -0.0583. The van der Waals surface area contributed by atoms with Gasteiger partial charge in [-0.1, -0.05) is 23.9 Å². The molecule has 1 amide bonds. The standard InChI is InChI=1S/C10H10N2OS/c1-11-10(13)9-6-12-7-4-2-3-5-8(7)14-9/h2-6,12H,1H3,(H,11,13). The smallest absolute Gasteiger partial charge is 0.259 e. The minimum Gasteiger partial charge on any atom is -0.359 e. The van der Waals surface area contributed by atoms with Crippen LogP contribution in [0.25, 0.3) is 0 Å². The highest BCUT2D eigenvalue weighted by Crippen LogP contribution is 2.36. The van der Waals surface area contributed by atoms with E-state index in [1.807, 2.05) is 24.3 Å². The molecule has 1 aliphatic rings. The van der Waals surface area contributed by atoms with Crippen LogP contribution in [0.4, 0.5) is 5.69 Å². The number of amides is 1. The van der Waals surface area contributed by atoms with Crippen molar-refractivity contribution in [2.75, 3.05) is 12.4 Å². The summed E-state index contributed by atoms with van der Waals surface area (Å²) >= 11 is 1.48. The summed E-state index contributed by atoms with van der Waals surface area (Å²) in [6.07, 6.45) is 1.73. The lowest BCUT2D eigenvalue weighted by Crippen LogP contribution is -2.20. The second kappa shape index (κ2) is 3.75. The number of anilines is 1. The van der Waals surface area contributed by atoms with Crippen molar-refractivity contribution in [2.24, 2.45) is 0 Å². The third-order valence-corrected chi connectivity index (χ3v) is 3.02. The van der Waals surface area contributed by atoms with Crippen LogP contribution in [0.2, 0.25) is 0 Å². The average molecular weight is 206 g/mol. The Kier molecular flexibility index (Phi) is 2.45. The molecule has 4 heteroatoms. The number of fused-ring (bicyclic) bond motifs is 1. The van der Waals surface area contributed by atoms with Crippen molar-refractivity contribution in [3.63, 3.8) is 0 Å². The maximum Gasteiger partial charge on any atom is 0.259 e. The highest BCUT2D eigenvalue weighted by molar-refractivity contribution is 8.04. The Labute approximate surface area is 86.6 Å². The van der Waals surface area contributed by atoms with E-state index in [9.17, 15) is 4.79 Å². The lowest BCUT2D eigenvalue weighted by atomic mass is 10.3. The van der Waals surface area contributed by atoms with Crippen LogP contribution in [0.5, 0.6) is 0 Å². The average Bonchev–Trinajstić information content (AvgIpc) is 2.27. The molecule has 0 saturated carbocycles. The number of carbonyl (C=O) groups is 1. The van der Waals surface area contributed by atoms with Crippen molar-refractivity contribution < 1.29 is 4.79 Å². The van der Waals surface area contributed by atoms with E-state index in [-0.39, 0.29) is 5.91 Å². The second-order valence-corrected chi connectivity index (χ2v) is 3.91. The molecule has 14 heavy (non-hydrogen) atoms. The number of nitrogens with one attached hydrogen (secondary N) is 2. The molecule has 2 rings (SSSR count). The van der Waals surface area contributed by atoms with Gasteiger partial charge < -0.3 is 10.6 Å². The Morgan fingerprint density at radius 2 is 2.21 bits per heavy atom. The largest absolute Gasteiger partial charge is 0.359 e. The summed E-state index contributed by atoms with van der Waals surface area (Å²) in [6, 6.07) is 7.90. The van der Waals surface area contributed by atoms with Crippen LogP contribution in [-0.2, 0) is 4.79 Å². The summed E-state index contributed by atoms with van der Waals surface area (Å²) in [4.78, 5) is 13.1. The van der Waals surface area contributed by atoms with Crippen molar-refractivity contribution in [3.8, 4) is 0 Å². The molecule has 0 atom stereocenters. The lowest BCUT2D eigenvalue weighted by Gasteiger charge is -2.16. The fourth-order valence-corrected chi connectivity index (χ4v) is 2.13. The normalized spacial score (nSPS) is 13.6. The van der Waals surface area contributed by atoms with Gasteiger partial charge in [0.2, 0.25) is 0 Å². The van der Waals surface area contributed by atoms with Gasteiger partial charge in [-0.3, -0.25) is 4.79 Å². The highest BCUT2D eigenvalue weighted by atomic mass is 32.2. The SMILES string of the molecule is CNC(=O)C1=CNc2ccccc2S1. The van der Waals surface area contributed by atoms with Crippen LogP contribution in [-0.4, -0.2) is 13.0 Å². The van der Waals surface area contributed by atoms with Crippen molar-refractivity contribution in [3.05, 3.63) is 35.4 Å². The highest BCUT2D eigenvalue weighted by Gasteiger charge is 2.15. The van der Waals surface area contributed by atoms with Gasteiger partial charge in [-0.2, -0.15) is 0 Å². The monoisotopic (exact) mass is 206 g/mol. The van der Waals surface area contributed by atoms with E-state index >= 15 is 0 Å². The number of thioether (sulfide) groups is 1. The van der Waals surface area contributed by atoms with Crippen LogP contribution in [0.15, 0.2) is 40.3 Å². The van der Waals surface area contributed by atoms with Gasteiger partial charge in [0.25, 0.3) is 5.91 Å². The van der Waals surface area contributed by atoms with E-state index in [0.717, 1.165) is 10.6 Å². The summed E-state index contributed by atoms with van der Waals surface area (Å²) in [5.41, 5.74) is 1.05. The first kappa shape index (κ1) is 9.15. The first-order valence-electron chi connectivity index (χ1n) is 4.27. The molecule has 72 valence electrons. The van der Waals surface area contributed by atoms with E-state index < -0.39 is 0 Å². The van der Waals surface area contributed by atoms with Gasteiger partial charge in [0, 0.05) is 18.1 Å². The number of likely N-dealkylation sites (N-methyl/N-ethyl adjacent to an activating group) is 1. The van der Waals surface area contributed by atoms with Crippen LogP contribution in [0.1, 0.15) is 0 Å². The van der Waals surface area contributed by atoms with E-state index in [2.05, 4.69) is 10.6 Å². The van der Waals surface area contributed by atoms with Crippen LogP contribution < -0.4 is 10.6 Å². The third-order valence-electron chi connectivity index (χ3n) is 1.92. The van der Waals surface area contributed by atoms with Crippen LogP contribution in [0, 0.1) is 0 Å². The Bertz CT molecular complexity index is 401. The van der Waals surface area contributed by atoms with E-state index in [1.165, 1.54) is 11.8 Å². The maximum atomic E-state index is 11.3. The number of rotatable bonds is 1. The molecular formula is C10H10N2OS. The van der Waals surface area contributed by atoms with Gasteiger partial charge in [0.05, 0.1) is 10.6 Å². The van der Waals surface area contributed by atoms with Crippen molar-refractivity contribution >= 4 is 23.4 Å². The topological polar surface area (TPSA) is 41.1 Å². The number of hydrogen-bond acceptors (Lipinski definition) is 3. The van der Waals surface area contributed by atoms with Crippen molar-refractivity contribution in [2.45, 2.75) is 4.90 Å². The fourth-order valence-electron chi connectivity index (χ4n) is 1.20. The zero-order valence-electron chi connectivity index (χ0n) is 7.70. The predicted molar refractivity (Wildman–Crippen MR) is 58.1 cm³/mol. The molecular weight excluding hydrogens is 196 g/mol.